The van der Waals surface area contributed by atoms with Crippen LogP contribution in [0.2, 0.25) is 0 Å². The minimum Gasteiger partial charge on any atom is -0.352 e. The molecule has 2 aliphatic rings. The monoisotopic (exact) mass is 416 g/mol. The fourth-order valence-electron chi connectivity index (χ4n) is 4.49. The summed E-state index contributed by atoms with van der Waals surface area (Å²) in [5, 5.41) is 2.84. The van der Waals surface area contributed by atoms with Crippen molar-refractivity contribution >= 4 is 11.8 Å². The molecule has 1 atom stereocenters. The average Bonchev–Trinajstić information content (AvgIpc) is 3.25. The number of aromatic nitrogens is 1. The van der Waals surface area contributed by atoms with Gasteiger partial charge in [-0.25, -0.2) is 0 Å². The Labute approximate surface area is 179 Å². The number of pyridine rings is 1. The molecule has 1 N–H and O–H groups in total. The maximum Gasteiger partial charge on any atom is 0.259 e. The number of amides is 2. The molecule has 2 amide bonds. The first-order valence-electron chi connectivity index (χ1n) is 11.4. The summed E-state index contributed by atoms with van der Waals surface area (Å²) in [5.41, 5.74) is -0.233. The highest BCUT2D eigenvalue weighted by molar-refractivity contribution is 5.99. The van der Waals surface area contributed by atoms with Crippen LogP contribution in [0.1, 0.15) is 85.0 Å². The molecule has 1 aliphatic carbocycles. The highest BCUT2D eigenvalue weighted by Crippen LogP contribution is 2.28. The second kappa shape index (κ2) is 10.2. The summed E-state index contributed by atoms with van der Waals surface area (Å²) in [5.74, 6) is -0.627. The van der Waals surface area contributed by atoms with Crippen molar-refractivity contribution in [3.63, 3.8) is 0 Å². The molecule has 1 aliphatic heterocycles. The SMILES string of the molecule is CCCCNC(=O)c1cn(C2CCCCC2)cc(C(=O)N2CC[C@H](N(C)C)C2)c1=O. The largest absolute Gasteiger partial charge is 0.352 e. The molecule has 2 heterocycles. The smallest absolute Gasteiger partial charge is 0.259 e. The third-order valence-corrected chi connectivity index (χ3v) is 6.51. The summed E-state index contributed by atoms with van der Waals surface area (Å²) >= 11 is 0. The average molecular weight is 417 g/mol. The molecular weight excluding hydrogens is 380 g/mol. The Kier molecular flexibility index (Phi) is 7.69. The summed E-state index contributed by atoms with van der Waals surface area (Å²) < 4.78 is 1.96. The van der Waals surface area contributed by atoms with Crippen LogP contribution < -0.4 is 10.7 Å². The van der Waals surface area contributed by atoms with E-state index in [1.165, 1.54) is 6.42 Å². The van der Waals surface area contributed by atoms with E-state index >= 15 is 0 Å². The van der Waals surface area contributed by atoms with Crippen LogP contribution in [0.4, 0.5) is 0 Å². The molecule has 2 fully saturated rings. The van der Waals surface area contributed by atoms with Crippen LogP contribution in [-0.4, -0.2) is 66.0 Å². The van der Waals surface area contributed by atoms with Crippen LogP contribution in [0.3, 0.4) is 0 Å². The van der Waals surface area contributed by atoms with Gasteiger partial charge in [-0.1, -0.05) is 32.6 Å². The minimum absolute atomic E-state index is 0.0888. The summed E-state index contributed by atoms with van der Waals surface area (Å²) in [7, 11) is 4.02. The van der Waals surface area contributed by atoms with Crippen molar-refractivity contribution in [3.05, 3.63) is 33.7 Å². The third kappa shape index (κ3) is 5.12. The van der Waals surface area contributed by atoms with Crippen LogP contribution in [-0.2, 0) is 0 Å². The zero-order valence-corrected chi connectivity index (χ0v) is 18.7. The van der Waals surface area contributed by atoms with Gasteiger partial charge in [0.2, 0.25) is 5.43 Å². The predicted octanol–water partition coefficient (Wildman–Crippen LogP) is 2.66. The van der Waals surface area contributed by atoms with E-state index in [0.717, 1.165) is 44.9 Å². The molecule has 0 radical (unpaired) electrons. The lowest BCUT2D eigenvalue weighted by Gasteiger charge is -2.26. The Morgan fingerprint density at radius 2 is 1.80 bits per heavy atom. The number of unbranched alkanes of at least 4 members (excludes halogenated alkanes) is 1. The van der Waals surface area contributed by atoms with Gasteiger partial charge in [0, 0.05) is 44.1 Å². The Balaban J connectivity index is 1.92. The van der Waals surface area contributed by atoms with Gasteiger partial charge in [0.25, 0.3) is 11.8 Å². The molecule has 30 heavy (non-hydrogen) atoms. The molecule has 0 unspecified atom stereocenters. The van der Waals surface area contributed by atoms with Crippen molar-refractivity contribution in [2.24, 2.45) is 0 Å². The fraction of sp³-hybridized carbons (Fsp3) is 0.696. The van der Waals surface area contributed by atoms with E-state index in [1.807, 2.05) is 18.7 Å². The van der Waals surface area contributed by atoms with Crippen molar-refractivity contribution in [1.29, 1.82) is 0 Å². The van der Waals surface area contributed by atoms with Crippen LogP contribution in [0.25, 0.3) is 0 Å². The quantitative estimate of drug-likeness (QED) is 0.694. The first-order chi connectivity index (χ1) is 14.4. The van der Waals surface area contributed by atoms with Gasteiger partial charge < -0.3 is 19.7 Å². The van der Waals surface area contributed by atoms with E-state index < -0.39 is 5.43 Å². The highest BCUT2D eigenvalue weighted by Gasteiger charge is 2.31. The lowest BCUT2D eigenvalue weighted by atomic mass is 9.95. The molecule has 0 bridgehead atoms. The van der Waals surface area contributed by atoms with Crippen molar-refractivity contribution < 1.29 is 9.59 Å². The summed E-state index contributed by atoms with van der Waals surface area (Å²) in [4.78, 5) is 43.1. The molecule has 7 heteroatoms. The first kappa shape index (κ1) is 22.5. The standard InChI is InChI=1S/C23H36N4O3/c1-4-5-12-24-22(29)19-15-27(17-9-7-6-8-10-17)16-20(21(19)28)23(30)26-13-11-18(14-26)25(2)3/h15-18H,4-14H2,1-3H3,(H,24,29)/t18-/m0/s1. The van der Waals surface area contributed by atoms with Gasteiger partial charge in [-0.05, 0) is 39.8 Å². The molecule has 1 saturated carbocycles. The first-order valence-corrected chi connectivity index (χ1v) is 11.4. The number of carbonyl (C=O) groups excluding carboxylic acids is 2. The van der Waals surface area contributed by atoms with Gasteiger partial charge >= 0.3 is 0 Å². The fourth-order valence-corrected chi connectivity index (χ4v) is 4.49. The van der Waals surface area contributed by atoms with Crippen molar-refractivity contribution in [3.8, 4) is 0 Å². The number of likely N-dealkylation sites (N-methyl/N-ethyl adjacent to an activating group) is 1. The highest BCUT2D eigenvalue weighted by atomic mass is 16.2. The van der Waals surface area contributed by atoms with Gasteiger partial charge in [-0.15, -0.1) is 0 Å². The maximum absolute atomic E-state index is 13.3. The zero-order chi connectivity index (χ0) is 21.7. The Morgan fingerprint density at radius 3 is 2.43 bits per heavy atom. The van der Waals surface area contributed by atoms with E-state index in [-0.39, 0.29) is 29.0 Å². The molecule has 1 saturated heterocycles. The van der Waals surface area contributed by atoms with Crippen LogP contribution in [0, 0.1) is 0 Å². The van der Waals surface area contributed by atoms with Gasteiger partial charge in [-0.3, -0.25) is 14.4 Å². The topological polar surface area (TPSA) is 74.7 Å². The number of nitrogens with zero attached hydrogens (tertiary/aromatic N) is 3. The van der Waals surface area contributed by atoms with E-state index in [9.17, 15) is 14.4 Å². The van der Waals surface area contributed by atoms with Crippen molar-refractivity contribution in [1.82, 2.24) is 19.7 Å². The summed E-state index contributed by atoms with van der Waals surface area (Å²) in [6, 6.07) is 0.538. The van der Waals surface area contributed by atoms with E-state index in [2.05, 4.69) is 17.1 Å². The number of hydrogen-bond donors (Lipinski definition) is 1. The number of carbonyl (C=O) groups is 2. The van der Waals surface area contributed by atoms with Crippen LogP contribution in [0.5, 0.6) is 0 Å². The second-order valence-corrected chi connectivity index (χ2v) is 8.92. The Morgan fingerprint density at radius 1 is 1.10 bits per heavy atom. The molecule has 7 nitrogen and oxygen atoms in total. The number of hydrogen-bond acceptors (Lipinski definition) is 4. The van der Waals surface area contributed by atoms with Crippen molar-refractivity contribution in [2.75, 3.05) is 33.7 Å². The van der Waals surface area contributed by atoms with E-state index in [1.54, 1.807) is 17.3 Å². The molecule has 3 rings (SSSR count). The van der Waals surface area contributed by atoms with Gasteiger partial charge in [0.05, 0.1) is 0 Å². The number of likely N-dealkylation sites (tertiary alicyclic amines) is 1. The van der Waals surface area contributed by atoms with Crippen LogP contribution >= 0.6 is 0 Å². The molecule has 0 spiro atoms. The lowest BCUT2D eigenvalue weighted by molar-refractivity contribution is 0.0780. The third-order valence-electron chi connectivity index (χ3n) is 6.51. The van der Waals surface area contributed by atoms with E-state index in [4.69, 9.17) is 0 Å². The Hall–Kier alpha value is -2.15. The van der Waals surface area contributed by atoms with Crippen LogP contribution in [0.15, 0.2) is 17.2 Å². The van der Waals surface area contributed by atoms with Gasteiger partial charge in [-0.2, -0.15) is 0 Å². The minimum atomic E-state index is -0.450. The molecule has 1 aromatic rings. The second-order valence-electron chi connectivity index (χ2n) is 8.92. The zero-order valence-electron chi connectivity index (χ0n) is 18.7. The lowest BCUT2D eigenvalue weighted by Crippen LogP contribution is -2.39. The molecule has 1 aromatic heterocycles. The number of rotatable bonds is 7. The van der Waals surface area contributed by atoms with Gasteiger partial charge in [0.15, 0.2) is 0 Å². The summed E-state index contributed by atoms with van der Waals surface area (Å²) in [6.45, 7) is 3.84. The van der Waals surface area contributed by atoms with Gasteiger partial charge in [0.1, 0.15) is 11.1 Å². The molecular formula is C23H36N4O3. The molecule has 0 aromatic carbocycles. The normalized spacial score (nSPS) is 20.0. The Bertz CT molecular complexity index is 811. The predicted molar refractivity (Wildman–Crippen MR) is 118 cm³/mol. The number of nitrogens with one attached hydrogen (secondary N) is 1. The molecule has 166 valence electrons. The van der Waals surface area contributed by atoms with Crippen molar-refractivity contribution in [2.45, 2.75) is 70.4 Å². The maximum atomic E-state index is 13.3. The summed E-state index contributed by atoms with van der Waals surface area (Å²) in [6.07, 6.45) is 11.6. The van der Waals surface area contributed by atoms with E-state index in [0.29, 0.717) is 25.7 Å².